The smallest absolute Gasteiger partial charge is 0.339 e. The number of urea groups is 1. The molecule has 0 saturated heterocycles. The van der Waals surface area contributed by atoms with Crippen LogP contribution in [0, 0.1) is 10.1 Å². The van der Waals surface area contributed by atoms with Crippen LogP contribution in [-0.2, 0) is 0 Å². The van der Waals surface area contributed by atoms with Crippen molar-refractivity contribution in [2.24, 2.45) is 5.10 Å². The number of benzene rings is 3. The zero-order valence-corrected chi connectivity index (χ0v) is 15.5. The molecule has 0 bridgehead atoms. The van der Waals surface area contributed by atoms with E-state index >= 15 is 0 Å². The number of amides is 2. The van der Waals surface area contributed by atoms with Crippen LogP contribution >= 0.6 is 0 Å². The summed E-state index contributed by atoms with van der Waals surface area (Å²) in [4.78, 5) is 22.9. The number of rotatable bonds is 6. The van der Waals surface area contributed by atoms with Crippen LogP contribution in [0.4, 0.5) is 16.2 Å². The number of carbonyl (C=O) groups is 1. The van der Waals surface area contributed by atoms with Gasteiger partial charge in [0.2, 0.25) is 0 Å². The minimum absolute atomic E-state index is 0.0856. The molecule has 29 heavy (non-hydrogen) atoms. The van der Waals surface area contributed by atoms with Gasteiger partial charge in [0.15, 0.2) is 5.75 Å². The highest BCUT2D eigenvalue weighted by atomic mass is 16.6. The van der Waals surface area contributed by atoms with Crippen molar-refractivity contribution >= 4 is 23.1 Å². The molecule has 0 heterocycles. The lowest BCUT2D eigenvalue weighted by molar-refractivity contribution is -0.385. The van der Waals surface area contributed by atoms with Crippen LogP contribution in [0.25, 0.3) is 0 Å². The number of nitrogens with one attached hydrogen (secondary N) is 2. The van der Waals surface area contributed by atoms with Crippen molar-refractivity contribution < 1.29 is 14.5 Å². The first-order chi connectivity index (χ1) is 14.0. The van der Waals surface area contributed by atoms with Crippen LogP contribution in [0.2, 0.25) is 0 Å². The number of ether oxygens (including phenoxy) is 1. The van der Waals surface area contributed by atoms with E-state index in [1.54, 1.807) is 61.5 Å². The molecule has 8 nitrogen and oxygen atoms in total. The standard InChI is InChI=1S/C21H18N4O4/c1-15(17-11-5-7-13-19(17)25(27)28)23-24-21(26)22-18-12-6-8-14-20(18)29-16-9-3-2-4-10-16/h2-14H,1H3,(H2,22,24,26)/b23-15+. The maximum Gasteiger partial charge on any atom is 0.339 e. The van der Waals surface area contributed by atoms with Crippen molar-refractivity contribution in [1.82, 2.24) is 5.43 Å². The van der Waals surface area contributed by atoms with Crippen molar-refractivity contribution in [3.8, 4) is 11.5 Å². The van der Waals surface area contributed by atoms with E-state index in [2.05, 4.69) is 15.8 Å². The zero-order valence-electron chi connectivity index (χ0n) is 15.5. The lowest BCUT2D eigenvalue weighted by Crippen LogP contribution is -2.25. The van der Waals surface area contributed by atoms with Crippen molar-refractivity contribution in [2.45, 2.75) is 6.92 Å². The highest BCUT2D eigenvalue weighted by Crippen LogP contribution is 2.29. The number of hydrazone groups is 1. The van der Waals surface area contributed by atoms with Gasteiger partial charge in [0.05, 0.1) is 21.9 Å². The van der Waals surface area contributed by atoms with Gasteiger partial charge in [-0.15, -0.1) is 0 Å². The molecule has 2 N–H and O–H groups in total. The normalized spacial score (nSPS) is 10.9. The number of nitro benzene ring substituents is 1. The largest absolute Gasteiger partial charge is 0.455 e. The topological polar surface area (TPSA) is 106 Å². The monoisotopic (exact) mass is 390 g/mol. The Morgan fingerprint density at radius 2 is 1.62 bits per heavy atom. The van der Waals surface area contributed by atoms with Crippen LogP contribution in [0.5, 0.6) is 11.5 Å². The fourth-order valence-corrected chi connectivity index (χ4v) is 2.56. The molecule has 0 radical (unpaired) electrons. The summed E-state index contributed by atoms with van der Waals surface area (Å²) in [6, 6.07) is 21.7. The highest BCUT2D eigenvalue weighted by molar-refractivity contribution is 6.03. The summed E-state index contributed by atoms with van der Waals surface area (Å²) >= 11 is 0. The first-order valence-corrected chi connectivity index (χ1v) is 8.71. The third kappa shape index (κ3) is 5.16. The number of nitro groups is 1. The van der Waals surface area contributed by atoms with Crippen LogP contribution in [0.15, 0.2) is 84.0 Å². The number of carbonyl (C=O) groups excluding carboxylic acids is 1. The lowest BCUT2D eigenvalue weighted by Gasteiger charge is -2.12. The molecule has 146 valence electrons. The predicted octanol–water partition coefficient (Wildman–Crippen LogP) is 4.93. The zero-order chi connectivity index (χ0) is 20.6. The number of para-hydroxylation sites is 4. The van der Waals surface area contributed by atoms with E-state index in [4.69, 9.17) is 4.74 Å². The highest BCUT2D eigenvalue weighted by Gasteiger charge is 2.15. The van der Waals surface area contributed by atoms with E-state index in [9.17, 15) is 14.9 Å². The Morgan fingerprint density at radius 1 is 0.966 bits per heavy atom. The molecule has 3 rings (SSSR count). The van der Waals surface area contributed by atoms with E-state index in [1.165, 1.54) is 6.07 Å². The first kappa shape index (κ1) is 19.6. The number of hydrogen-bond donors (Lipinski definition) is 2. The molecular formula is C21H18N4O4. The van der Waals surface area contributed by atoms with Crippen LogP contribution < -0.4 is 15.5 Å². The molecule has 0 fully saturated rings. The summed E-state index contributed by atoms with van der Waals surface area (Å²) in [5, 5.41) is 17.7. The Morgan fingerprint density at radius 3 is 2.38 bits per heavy atom. The molecule has 0 aliphatic heterocycles. The summed E-state index contributed by atoms with van der Waals surface area (Å²) < 4.78 is 5.79. The fraction of sp³-hybridized carbons (Fsp3) is 0.0476. The molecule has 0 aromatic heterocycles. The van der Waals surface area contributed by atoms with E-state index < -0.39 is 11.0 Å². The molecule has 0 spiro atoms. The van der Waals surface area contributed by atoms with E-state index in [1.807, 2.05) is 18.2 Å². The Labute approximate surface area is 167 Å². The van der Waals surface area contributed by atoms with Gasteiger partial charge in [-0.2, -0.15) is 5.10 Å². The quantitative estimate of drug-likeness (QED) is 0.353. The van der Waals surface area contributed by atoms with Crippen molar-refractivity contribution in [3.63, 3.8) is 0 Å². The third-order valence-electron chi connectivity index (χ3n) is 3.92. The van der Waals surface area contributed by atoms with Crippen molar-refractivity contribution in [1.29, 1.82) is 0 Å². The SMILES string of the molecule is C/C(=N\NC(=O)Nc1ccccc1Oc1ccccc1)c1ccccc1[N+](=O)[O-]. The van der Waals surface area contributed by atoms with Gasteiger partial charge in [-0.05, 0) is 37.3 Å². The fourth-order valence-electron chi connectivity index (χ4n) is 2.56. The minimum atomic E-state index is -0.605. The molecule has 0 aliphatic rings. The third-order valence-corrected chi connectivity index (χ3v) is 3.92. The maximum absolute atomic E-state index is 12.3. The second kappa shape index (κ2) is 9.14. The summed E-state index contributed by atoms with van der Waals surface area (Å²) in [6.45, 7) is 1.58. The Hall–Kier alpha value is -4.20. The van der Waals surface area contributed by atoms with E-state index in [0.29, 0.717) is 28.5 Å². The molecule has 3 aromatic carbocycles. The van der Waals surface area contributed by atoms with E-state index in [-0.39, 0.29) is 5.69 Å². The number of hydrogen-bond acceptors (Lipinski definition) is 5. The summed E-state index contributed by atoms with van der Waals surface area (Å²) in [5.41, 5.74) is 3.34. The molecule has 3 aromatic rings. The average Bonchev–Trinajstić information content (AvgIpc) is 2.74. The van der Waals surface area contributed by atoms with Gasteiger partial charge in [0.25, 0.3) is 5.69 Å². The molecule has 0 atom stereocenters. The number of anilines is 1. The molecule has 0 saturated carbocycles. The predicted molar refractivity (Wildman–Crippen MR) is 110 cm³/mol. The molecule has 2 amide bonds. The van der Waals surface area contributed by atoms with Crippen molar-refractivity contribution in [3.05, 3.63) is 94.5 Å². The van der Waals surface area contributed by atoms with Crippen LogP contribution in [0.3, 0.4) is 0 Å². The molecular weight excluding hydrogens is 372 g/mol. The van der Waals surface area contributed by atoms with E-state index in [0.717, 1.165) is 0 Å². The first-order valence-electron chi connectivity index (χ1n) is 8.71. The Bertz CT molecular complexity index is 1050. The van der Waals surface area contributed by atoms with Gasteiger partial charge in [-0.25, -0.2) is 10.2 Å². The summed E-state index contributed by atoms with van der Waals surface area (Å²) in [7, 11) is 0. The van der Waals surface area contributed by atoms with Gasteiger partial charge in [0.1, 0.15) is 5.75 Å². The average molecular weight is 390 g/mol. The molecule has 0 aliphatic carbocycles. The van der Waals surface area contributed by atoms with Gasteiger partial charge in [-0.3, -0.25) is 10.1 Å². The Balaban J connectivity index is 1.70. The molecule has 0 unspecified atom stereocenters. The lowest BCUT2D eigenvalue weighted by atomic mass is 10.1. The second-order valence-electron chi connectivity index (χ2n) is 5.95. The number of nitrogens with zero attached hydrogens (tertiary/aromatic N) is 2. The molecule has 8 heteroatoms. The van der Waals surface area contributed by atoms with Crippen LogP contribution in [-0.4, -0.2) is 16.7 Å². The van der Waals surface area contributed by atoms with Crippen molar-refractivity contribution in [2.75, 3.05) is 5.32 Å². The van der Waals surface area contributed by atoms with Gasteiger partial charge < -0.3 is 10.1 Å². The minimum Gasteiger partial charge on any atom is -0.455 e. The Kier molecular flexibility index (Phi) is 6.16. The van der Waals surface area contributed by atoms with Gasteiger partial charge in [0, 0.05) is 6.07 Å². The second-order valence-corrected chi connectivity index (χ2v) is 5.95. The van der Waals surface area contributed by atoms with Gasteiger partial charge in [-0.1, -0.05) is 42.5 Å². The summed E-state index contributed by atoms with van der Waals surface area (Å²) in [6.07, 6.45) is 0. The van der Waals surface area contributed by atoms with Crippen LogP contribution in [0.1, 0.15) is 12.5 Å². The summed E-state index contributed by atoms with van der Waals surface area (Å²) in [5.74, 6) is 1.10. The maximum atomic E-state index is 12.3. The van der Waals surface area contributed by atoms with Gasteiger partial charge >= 0.3 is 6.03 Å².